The molecule has 0 N–H and O–H groups in total. The molecule has 0 fully saturated rings. The summed E-state index contributed by atoms with van der Waals surface area (Å²) in [6, 6.07) is 21.2. The zero-order valence-corrected chi connectivity index (χ0v) is 9.26. The molecule has 0 saturated carbocycles. The molecule has 0 amide bonds. The van der Waals surface area contributed by atoms with Crippen molar-refractivity contribution in [1.29, 1.82) is 0 Å². The Hall–Kier alpha value is -2.28. The minimum Gasteiger partial charge on any atom is -0.471 e. The Bertz CT molecular complexity index is 540. The van der Waals surface area contributed by atoms with Gasteiger partial charge in [-0.15, -0.1) is 0 Å². The molecule has 0 unspecified atom stereocenters. The van der Waals surface area contributed by atoms with E-state index in [0.717, 1.165) is 16.7 Å². The fraction of sp³-hybridized carbons (Fsp3) is 0. The maximum atomic E-state index is 5.34. The first-order valence-corrected chi connectivity index (χ1v) is 5.53. The molecular weight excluding hydrogens is 208 g/mol. The van der Waals surface area contributed by atoms with Crippen molar-refractivity contribution in [2.24, 2.45) is 0 Å². The second-order valence-electron chi connectivity index (χ2n) is 3.86. The number of hydrogen-bond donors (Lipinski definition) is 0. The summed E-state index contributed by atoms with van der Waals surface area (Å²) in [6.45, 7) is 0. The van der Waals surface area contributed by atoms with Gasteiger partial charge in [-0.2, -0.15) is 0 Å². The van der Waals surface area contributed by atoms with Crippen LogP contribution in [0.4, 0.5) is 0 Å². The molecule has 0 atom stereocenters. The van der Waals surface area contributed by atoms with Crippen molar-refractivity contribution in [1.82, 2.24) is 0 Å². The molecule has 1 heteroatoms. The first-order valence-electron chi connectivity index (χ1n) is 5.53. The first-order chi connectivity index (χ1) is 8.45. The molecule has 1 nitrogen and oxygen atoms in total. The number of hydrogen-bond acceptors (Lipinski definition) is 1. The van der Waals surface area contributed by atoms with E-state index in [1.165, 1.54) is 5.56 Å². The van der Waals surface area contributed by atoms with Crippen molar-refractivity contribution in [3.63, 3.8) is 0 Å². The highest BCUT2D eigenvalue weighted by molar-refractivity contribution is 5.82. The fourth-order valence-corrected chi connectivity index (χ4v) is 1.92. The van der Waals surface area contributed by atoms with Gasteiger partial charge in [0.05, 0.1) is 12.5 Å². The Morgan fingerprint density at radius 3 is 2.18 bits per heavy atom. The maximum Gasteiger partial charge on any atom is 0.0987 e. The van der Waals surface area contributed by atoms with E-state index in [1.54, 1.807) is 12.5 Å². The summed E-state index contributed by atoms with van der Waals surface area (Å²) < 4.78 is 5.34. The van der Waals surface area contributed by atoms with Gasteiger partial charge in [0.25, 0.3) is 0 Å². The monoisotopic (exact) mass is 219 g/mol. The molecule has 0 aliphatic heterocycles. The van der Waals surface area contributed by atoms with Crippen LogP contribution in [0.5, 0.6) is 0 Å². The molecule has 1 radical (unpaired) electrons. The van der Waals surface area contributed by atoms with Gasteiger partial charge in [0.15, 0.2) is 0 Å². The van der Waals surface area contributed by atoms with Gasteiger partial charge in [-0.05, 0) is 23.3 Å². The van der Waals surface area contributed by atoms with E-state index in [0.29, 0.717) is 0 Å². The van der Waals surface area contributed by atoms with E-state index in [1.807, 2.05) is 36.4 Å². The lowest BCUT2D eigenvalue weighted by Crippen LogP contribution is -1.79. The highest BCUT2D eigenvalue weighted by Crippen LogP contribution is 2.32. The molecule has 3 aromatic rings. The standard InChI is InChI=1S/C16H11O/c1-3-7-13(8-4-1)15-11-17-12-16(15)14-9-5-2-6-10-14/h1-5,7-12H. The Morgan fingerprint density at radius 1 is 0.765 bits per heavy atom. The molecule has 0 spiro atoms. The number of rotatable bonds is 2. The third kappa shape index (κ3) is 1.87. The van der Waals surface area contributed by atoms with E-state index in [9.17, 15) is 0 Å². The van der Waals surface area contributed by atoms with Crippen LogP contribution in [0.3, 0.4) is 0 Å². The van der Waals surface area contributed by atoms with Gasteiger partial charge in [0, 0.05) is 11.1 Å². The van der Waals surface area contributed by atoms with Crippen molar-refractivity contribution >= 4 is 0 Å². The summed E-state index contributed by atoms with van der Waals surface area (Å²) in [5.74, 6) is 0. The third-order valence-electron chi connectivity index (χ3n) is 2.76. The topological polar surface area (TPSA) is 13.1 Å². The average Bonchev–Trinajstić information content (AvgIpc) is 2.90. The Balaban J connectivity index is 2.13. The predicted molar refractivity (Wildman–Crippen MR) is 68.4 cm³/mol. The fourth-order valence-electron chi connectivity index (χ4n) is 1.92. The van der Waals surface area contributed by atoms with Crippen LogP contribution in [-0.4, -0.2) is 0 Å². The van der Waals surface area contributed by atoms with Crippen molar-refractivity contribution in [2.45, 2.75) is 0 Å². The van der Waals surface area contributed by atoms with Crippen LogP contribution in [0.15, 0.2) is 71.5 Å². The van der Waals surface area contributed by atoms with Crippen molar-refractivity contribution in [3.05, 3.63) is 73.2 Å². The number of benzene rings is 2. The Kier molecular flexibility index (Phi) is 2.51. The second kappa shape index (κ2) is 4.30. The molecule has 1 heterocycles. The molecule has 1 aromatic heterocycles. The minimum absolute atomic E-state index is 1.10. The van der Waals surface area contributed by atoms with Crippen LogP contribution >= 0.6 is 0 Å². The van der Waals surface area contributed by atoms with E-state index >= 15 is 0 Å². The molecule has 0 bridgehead atoms. The molecular formula is C16H11O. The first kappa shape index (κ1) is 9.91. The van der Waals surface area contributed by atoms with Gasteiger partial charge >= 0.3 is 0 Å². The summed E-state index contributed by atoms with van der Waals surface area (Å²) in [5, 5.41) is 0. The number of furan rings is 1. The predicted octanol–water partition coefficient (Wildman–Crippen LogP) is 4.41. The largest absolute Gasteiger partial charge is 0.471 e. The molecule has 3 rings (SSSR count). The zero-order chi connectivity index (χ0) is 11.5. The molecule has 81 valence electrons. The lowest BCUT2D eigenvalue weighted by atomic mass is 9.99. The van der Waals surface area contributed by atoms with Crippen LogP contribution < -0.4 is 0 Å². The second-order valence-corrected chi connectivity index (χ2v) is 3.86. The van der Waals surface area contributed by atoms with Crippen molar-refractivity contribution in [3.8, 4) is 22.3 Å². The van der Waals surface area contributed by atoms with Gasteiger partial charge in [-0.3, -0.25) is 0 Å². The smallest absolute Gasteiger partial charge is 0.0987 e. The van der Waals surface area contributed by atoms with Gasteiger partial charge in [-0.25, -0.2) is 0 Å². The Morgan fingerprint density at radius 2 is 1.47 bits per heavy atom. The van der Waals surface area contributed by atoms with Gasteiger partial charge in [-0.1, -0.05) is 48.5 Å². The third-order valence-corrected chi connectivity index (χ3v) is 2.76. The van der Waals surface area contributed by atoms with E-state index in [2.05, 4.69) is 24.3 Å². The lowest BCUT2D eigenvalue weighted by molar-refractivity contribution is 0.569. The van der Waals surface area contributed by atoms with Crippen molar-refractivity contribution < 1.29 is 4.42 Å². The van der Waals surface area contributed by atoms with Gasteiger partial charge < -0.3 is 4.42 Å². The summed E-state index contributed by atoms with van der Waals surface area (Å²) in [7, 11) is 0. The summed E-state index contributed by atoms with van der Waals surface area (Å²) in [4.78, 5) is 0. The van der Waals surface area contributed by atoms with E-state index < -0.39 is 0 Å². The van der Waals surface area contributed by atoms with E-state index in [-0.39, 0.29) is 0 Å². The van der Waals surface area contributed by atoms with Crippen LogP contribution in [0, 0.1) is 6.07 Å². The quantitative estimate of drug-likeness (QED) is 0.622. The van der Waals surface area contributed by atoms with Crippen molar-refractivity contribution in [2.75, 3.05) is 0 Å². The van der Waals surface area contributed by atoms with Crippen LogP contribution in [-0.2, 0) is 0 Å². The zero-order valence-electron chi connectivity index (χ0n) is 9.26. The van der Waals surface area contributed by atoms with Crippen LogP contribution in [0.2, 0.25) is 0 Å². The normalized spacial score (nSPS) is 10.4. The molecule has 0 aliphatic carbocycles. The molecule has 2 aromatic carbocycles. The summed E-state index contributed by atoms with van der Waals surface area (Å²) in [6.07, 6.45) is 3.57. The summed E-state index contributed by atoms with van der Waals surface area (Å²) in [5.41, 5.74) is 4.51. The molecule has 17 heavy (non-hydrogen) atoms. The highest BCUT2D eigenvalue weighted by Gasteiger charge is 2.08. The van der Waals surface area contributed by atoms with Gasteiger partial charge in [0.1, 0.15) is 0 Å². The highest BCUT2D eigenvalue weighted by atomic mass is 16.3. The summed E-state index contributed by atoms with van der Waals surface area (Å²) >= 11 is 0. The Labute approximate surface area is 100 Å². The van der Waals surface area contributed by atoms with Crippen LogP contribution in [0.25, 0.3) is 22.3 Å². The van der Waals surface area contributed by atoms with Crippen LogP contribution in [0.1, 0.15) is 0 Å². The maximum absolute atomic E-state index is 5.34. The average molecular weight is 219 g/mol. The van der Waals surface area contributed by atoms with E-state index in [4.69, 9.17) is 4.42 Å². The lowest BCUT2D eigenvalue weighted by Gasteiger charge is -2.02. The minimum atomic E-state index is 1.10. The molecule has 0 saturated heterocycles. The molecule has 0 aliphatic rings. The SMILES string of the molecule is [c]1cccc(-c2cocc2-c2ccccc2)c1. The van der Waals surface area contributed by atoms with Gasteiger partial charge in [0.2, 0.25) is 0 Å².